The first-order valence-corrected chi connectivity index (χ1v) is 9.60. The van der Waals surface area contributed by atoms with Crippen molar-refractivity contribution in [3.05, 3.63) is 30.3 Å². The molecule has 2 saturated heterocycles. The number of carbonyl (C=O) groups excluding carboxylic acids is 1. The molecule has 24 heavy (non-hydrogen) atoms. The third kappa shape index (κ3) is 3.17. The van der Waals surface area contributed by atoms with Crippen LogP contribution < -0.4 is 4.90 Å². The molecule has 128 valence electrons. The number of nitrogens with zero attached hydrogens (tertiary/aromatic N) is 5. The van der Waals surface area contributed by atoms with Crippen LogP contribution in [0.4, 0.5) is 5.13 Å². The lowest BCUT2D eigenvalue weighted by atomic mass is 9.95. The summed E-state index contributed by atoms with van der Waals surface area (Å²) >= 11 is 1.66. The van der Waals surface area contributed by atoms with Gasteiger partial charge in [0.25, 0.3) is 0 Å². The lowest BCUT2D eigenvalue weighted by molar-refractivity contribution is -0.137. The van der Waals surface area contributed by atoms with Gasteiger partial charge in [-0.2, -0.15) is 0 Å². The molecule has 2 fully saturated rings. The van der Waals surface area contributed by atoms with E-state index in [1.165, 1.54) is 0 Å². The molecule has 2 aliphatic rings. The standard InChI is InChI=1S/C17H23N5OS/c23-16(14-3-1-8-21(11-14)17-19-6-10-24-17)20-7-2-4-15(12-20)22-9-5-18-13-22/h5-6,9-10,13-15H,1-4,7-8,11-12H2/t14-,15+/m1/s1. The number of piperidine rings is 2. The predicted octanol–water partition coefficient (Wildman–Crippen LogP) is 2.42. The average molecular weight is 345 g/mol. The van der Waals surface area contributed by atoms with Gasteiger partial charge in [0.15, 0.2) is 5.13 Å². The van der Waals surface area contributed by atoms with Gasteiger partial charge in [0.2, 0.25) is 5.91 Å². The molecular formula is C17H23N5OS. The Balaban J connectivity index is 1.41. The van der Waals surface area contributed by atoms with E-state index < -0.39 is 0 Å². The van der Waals surface area contributed by atoms with Gasteiger partial charge in [-0.15, -0.1) is 11.3 Å². The molecule has 0 spiro atoms. The highest BCUT2D eigenvalue weighted by atomic mass is 32.1. The molecule has 6 nitrogen and oxygen atoms in total. The maximum absolute atomic E-state index is 13.0. The molecule has 0 bridgehead atoms. The average Bonchev–Trinajstić information content (AvgIpc) is 3.35. The summed E-state index contributed by atoms with van der Waals surface area (Å²) in [6, 6.07) is 0.365. The molecule has 0 aromatic carbocycles. The monoisotopic (exact) mass is 345 g/mol. The Labute approximate surface area is 146 Å². The number of amides is 1. The van der Waals surface area contributed by atoms with Crippen molar-refractivity contribution in [1.29, 1.82) is 0 Å². The van der Waals surface area contributed by atoms with E-state index in [1.807, 2.05) is 30.3 Å². The molecule has 1 amide bonds. The highest BCUT2D eigenvalue weighted by Crippen LogP contribution is 2.28. The Morgan fingerprint density at radius 1 is 1.17 bits per heavy atom. The number of likely N-dealkylation sites (tertiary alicyclic amines) is 1. The second kappa shape index (κ2) is 6.93. The summed E-state index contributed by atoms with van der Waals surface area (Å²) < 4.78 is 2.14. The zero-order valence-electron chi connectivity index (χ0n) is 13.8. The maximum Gasteiger partial charge on any atom is 0.227 e. The van der Waals surface area contributed by atoms with E-state index in [-0.39, 0.29) is 5.92 Å². The second-order valence-electron chi connectivity index (χ2n) is 6.69. The van der Waals surface area contributed by atoms with Gasteiger partial charge in [0.1, 0.15) is 0 Å². The van der Waals surface area contributed by atoms with Crippen molar-refractivity contribution < 1.29 is 4.79 Å². The van der Waals surface area contributed by atoms with E-state index in [2.05, 4.69) is 24.3 Å². The third-order valence-corrected chi connectivity index (χ3v) is 5.95. The Hall–Kier alpha value is -1.89. The van der Waals surface area contributed by atoms with Crippen molar-refractivity contribution in [2.24, 2.45) is 5.92 Å². The van der Waals surface area contributed by atoms with Crippen LogP contribution in [0.2, 0.25) is 0 Å². The lowest BCUT2D eigenvalue weighted by Gasteiger charge is -2.38. The van der Waals surface area contributed by atoms with Crippen molar-refractivity contribution in [2.75, 3.05) is 31.1 Å². The summed E-state index contributed by atoms with van der Waals surface area (Å²) in [4.78, 5) is 25.9. The fourth-order valence-corrected chi connectivity index (χ4v) is 4.55. The molecular weight excluding hydrogens is 322 g/mol. The molecule has 0 radical (unpaired) electrons. The van der Waals surface area contributed by atoms with Crippen LogP contribution in [-0.2, 0) is 4.79 Å². The van der Waals surface area contributed by atoms with E-state index in [4.69, 9.17) is 0 Å². The predicted molar refractivity (Wildman–Crippen MR) is 94.1 cm³/mol. The van der Waals surface area contributed by atoms with Crippen LogP contribution >= 0.6 is 11.3 Å². The van der Waals surface area contributed by atoms with Crippen LogP contribution in [-0.4, -0.2) is 51.5 Å². The van der Waals surface area contributed by atoms with Crippen LogP contribution in [0.25, 0.3) is 0 Å². The van der Waals surface area contributed by atoms with E-state index in [0.717, 1.165) is 57.0 Å². The van der Waals surface area contributed by atoms with Crippen LogP contribution in [0.5, 0.6) is 0 Å². The van der Waals surface area contributed by atoms with Crippen LogP contribution in [0.1, 0.15) is 31.7 Å². The zero-order chi connectivity index (χ0) is 16.4. The molecule has 0 N–H and O–H groups in total. The van der Waals surface area contributed by atoms with Crippen molar-refractivity contribution in [3.8, 4) is 0 Å². The van der Waals surface area contributed by atoms with Crippen molar-refractivity contribution in [3.63, 3.8) is 0 Å². The number of imidazole rings is 1. The fourth-order valence-electron chi connectivity index (χ4n) is 3.87. The zero-order valence-corrected chi connectivity index (χ0v) is 14.6. The molecule has 2 aromatic heterocycles. The highest BCUT2D eigenvalue weighted by Gasteiger charge is 2.32. The molecule has 4 heterocycles. The lowest BCUT2D eigenvalue weighted by Crippen LogP contribution is -2.48. The van der Waals surface area contributed by atoms with Gasteiger partial charge in [0, 0.05) is 50.1 Å². The maximum atomic E-state index is 13.0. The van der Waals surface area contributed by atoms with E-state index in [1.54, 1.807) is 11.3 Å². The van der Waals surface area contributed by atoms with Gasteiger partial charge in [-0.05, 0) is 25.7 Å². The summed E-state index contributed by atoms with van der Waals surface area (Å²) in [5, 5.41) is 3.05. The summed E-state index contributed by atoms with van der Waals surface area (Å²) in [7, 11) is 0. The number of aromatic nitrogens is 3. The molecule has 0 aliphatic carbocycles. The van der Waals surface area contributed by atoms with Crippen molar-refractivity contribution in [1.82, 2.24) is 19.4 Å². The van der Waals surface area contributed by atoms with Crippen LogP contribution in [0, 0.1) is 5.92 Å². The van der Waals surface area contributed by atoms with E-state index in [9.17, 15) is 4.79 Å². The summed E-state index contributed by atoms with van der Waals surface area (Å²) in [5.74, 6) is 0.422. The van der Waals surface area contributed by atoms with E-state index >= 15 is 0 Å². The van der Waals surface area contributed by atoms with Crippen molar-refractivity contribution in [2.45, 2.75) is 31.7 Å². The minimum absolute atomic E-state index is 0.101. The minimum atomic E-state index is 0.101. The number of hydrogen-bond donors (Lipinski definition) is 0. The molecule has 7 heteroatoms. The van der Waals surface area contributed by atoms with Gasteiger partial charge in [-0.1, -0.05) is 0 Å². The molecule has 2 aliphatic heterocycles. The minimum Gasteiger partial charge on any atom is -0.347 e. The molecule has 4 rings (SSSR count). The highest BCUT2D eigenvalue weighted by molar-refractivity contribution is 7.13. The third-order valence-electron chi connectivity index (χ3n) is 5.12. The Morgan fingerprint density at radius 3 is 2.88 bits per heavy atom. The van der Waals surface area contributed by atoms with Gasteiger partial charge in [-0.3, -0.25) is 4.79 Å². The Morgan fingerprint density at radius 2 is 2.08 bits per heavy atom. The normalized spacial score (nSPS) is 25.0. The SMILES string of the molecule is O=C([C@@H]1CCCN(c2nccs2)C1)N1CCC[C@H](n2ccnc2)C1. The number of rotatable bonds is 3. The quantitative estimate of drug-likeness (QED) is 0.857. The Kier molecular flexibility index (Phi) is 4.51. The summed E-state index contributed by atoms with van der Waals surface area (Å²) in [6.07, 6.45) is 11.8. The largest absolute Gasteiger partial charge is 0.347 e. The first-order valence-electron chi connectivity index (χ1n) is 8.72. The fraction of sp³-hybridized carbons (Fsp3) is 0.588. The first-order chi connectivity index (χ1) is 11.8. The van der Waals surface area contributed by atoms with E-state index in [0.29, 0.717) is 11.9 Å². The molecule has 0 saturated carbocycles. The van der Waals surface area contributed by atoms with Crippen molar-refractivity contribution >= 4 is 22.4 Å². The van der Waals surface area contributed by atoms with Gasteiger partial charge in [-0.25, -0.2) is 9.97 Å². The molecule has 2 aromatic rings. The van der Waals surface area contributed by atoms with Gasteiger partial charge < -0.3 is 14.4 Å². The number of hydrogen-bond acceptors (Lipinski definition) is 5. The number of anilines is 1. The summed E-state index contributed by atoms with van der Waals surface area (Å²) in [5.41, 5.74) is 0. The Bertz CT molecular complexity index is 600. The first kappa shape index (κ1) is 15.6. The van der Waals surface area contributed by atoms with Gasteiger partial charge in [0.05, 0.1) is 18.3 Å². The second-order valence-corrected chi connectivity index (χ2v) is 7.56. The van der Waals surface area contributed by atoms with Crippen LogP contribution in [0.3, 0.4) is 0 Å². The number of carbonyl (C=O) groups is 1. The van der Waals surface area contributed by atoms with Crippen LogP contribution in [0.15, 0.2) is 30.3 Å². The summed E-state index contributed by atoms with van der Waals surface area (Å²) in [6.45, 7) is 3.51. The molecule has 0 unspecified atom stereocenters. The topological polar surface area (TPSA) is 54.3 Å². The smallest absolute Gasteiger partial charge is 0.227 e. The van der Waals surface area contributed by atoms with Gasteiger partial charge >= 0.3 is 0 Å². The molecule has 2 atom stereocenters. The number of thiazole rings is 1.